The summed E-state index contributed by atoms with van der Waals surface area (Å²) in [7, 11) is 0. The Morgan fingerprint density at radius 3 is 2.43 bits per heavy atom. The van der Waals surface area contributed by atoms with Gasteiger partial charge in [-0.3, -0.25) is 4.79 Å². The molecule has 2 aromatic rings. The Morgan fingerprint density at radius 1 is 1.14 bits per heavy atom. The summed E-state index contributed by atoms with van der Waals surface area (Å²) in [6.07, 6.45) is 0. The van der Waals surface area contributed by atoms with Crippen LogP contribution in [0.2, 0.25) is 0 Å². The monoisotopic (exact) mass is 290 g/mol. The van der Waals surface area contributed by atoms with Crippen LogP contribution in [0.25, 0.3) is 0 Å². The maximum absolute atomic E-state index is 13.7. The number of rotatable bonds is 4. The van der Waals surface area contributed by atoms with Crippen molar-refractivity contribution in [1.82, 2.24) is 5.32 Å². The molecule has 0 spiro atoms. The topological polar surface area (TPSA) is 55.1 Å². The molecule has 1 unspecified atom stereocenters. The lowest BCUT2D eigenvalue weighted by atomic mass is 10.0. The Kier molecular flexibility index (Phi) is 4.65. The Bertz CT molecular complexity index is 631. The minimum absolute atomic E-state index is 0.213. The van der Waals surface area contributed by atoms with Crippen LogP contribution < -0.4 is 11.1 Å². The van der Waals surface area contributed by atoms with Crippen LogP contribution in [0, 0.1) is 11.6 Å². The van der Waals surface area contributed by atoms with Gasteiger partial charge >= 0.3 is 0 Å². The smallest absolute Gasteiger partial charge is 0.241 e. The van der Waals surface area contributed by atoms with Gasteiger partial charge in [-0.1, -0.05) is 36.4 Å². The van der Waals surface area contributed by atoms with Gasteiger partial charge < -0.3 is 11.1 Å². The van der Waals surface area contributed by atoms with Crippen molar-refractivity contribution in [2.75, 3.05) is 0 Å². The first-order chi connectivity index (χ1) is 9.99. The predicted octanol–water partition coefficient (Wildman–Crippen LogP) is 2.84. The minimum Gasteiger partial charge on any atom is -0.348 e. The van der Waals surface area contributed by atoms with Gasteiger partial charge in [0.1, 0.15) is 17.7 Å². The summed E-state index contributed by atoms with van der Waals surface area (Å²) < 4.78 is 26.5. The number of nitrogens with one attached hydrogen (secondary N) is 1. The molecule has 110 valence electrons. The largest absolute Gasteiger partial charge is 0.348 e. The molecule has 0 saturated heterocycles. The minimum atomic E-state index is -0.836. The molecule has 3 N–H and O–H groups in total. The van der Waals surface area contributed by atoms with E-state index in [9.17, 15) is 13.6 Å². The van der Waals surface area contributed by atoms with Crippen LogP contribution in [0.4, 0.5) is 8.78 Å². The van der Waals surface area contributed by atoms with E-state index in [2.05, 4.69) is 5.32 Å². The first-order valence-corrected chi connectivity index (χ1v) is 6.55. The van der Waals surface area contributed by atoms with Crippen LogP contribution in [0.3, 0.4) is 0 Å². The van der Waals surface area contributed by atoms with Crippen LogP contribution >= 0.6 is 0 Å². The normalized spacial score (nSPS) is 13.5. The second-order valence-corrected chi connectivity index (χ2v) is 4.78. The molecule has 1 amide bonds. The summed E-state index contributed by atoms with van der Waals surface area (Å²) in [5.41, 5.74) is 6.74. The van der Waals surface area contributed by atoms with Crippen molar-refractivity contribution in [3.63, 3.8) is 0 Å². The van der Waals surface area contributed by atoms with Gasteiger partial charge in [-0.2, -0.15) is 0 Å². The van der Waals surface area contributed by atoms with E-state index >= 15 is 0 Å². The summed E-state index contributed by atoms with van der Waals surface area (Å²) in [4.78, 5) is 12.1. The SMILES string of the molecule is CC(NC(=O)[C@H](N)c1ccccc1)c1ccc(F)cc1F. The van der Waals surface area contributed by atoms with Crippen molar-refractivity contribution in [1.29, 1.82) is 0 Å². The fourth-order valence-electron chi connectivity index (χ4n) is 2.05. The molecular weight excluding hydrogens is 274 g/mol. The first-order valence-electron chi connectivity index (χ1n) is 6.55. The molecule has 0 saturated carbocycles. The lowest BCUT2D eigenvalue weighted by Crippen LogP contribution is -2.36. The Balaban J connectivity index is 2.08. The third-order valence-corrected chi connectivity index (χ3v) is 3.23. The fraction of sp³-hybridized carbons (Fsp3) is 0.188. The van der Waals surface area contributed by atoms with E-state index in [-0.39, 0.29) is 5.56 Å². The standard InChI is InChI=1S/C16H16F2N2O/c1-10(13-8-7-12(17)9-14(13)18)20-16(21)15(19)11-5-3-2-4-6-11/h2-10,15H,19H2,1H3,(H,20,21)/t10?,15-/m1/s1. The van der Waals surface area contributed by atoms with Crippen LogP contribution in [0.5, 0.6) is 0 Å². The highest BCUT2D eigenvalue weighted by Crippen LogP contribution is 2.19. The van der Waals surface area contributed by atoms with Gasteiger partial charge in [-0.05, 0) is 18.6 Å². The molecule has 0 aliphatic carbocycles. The van der Waals surface area contributed by atoms with Gasteiger partial charge in [-0.25, -0.2) is 8.78 Å². The molecule has 5 heteroatoms. The number of benzene rings is 2. The van der Waals surface area contributed by atoms with Crippen LogP contribution in [-0.2, 0) is 4.79 Å². The summed E-state index contributed by atoms with van der Waals surface area (Å²) in [6, 6.07) is 10.7. The van der Waals surface area contributed by atoms with E-state index < -0.39 is 29.6 Å². The van der Waals surface area contributed by atoms with Crippen molar-refractivity contribution < 1.29 is 13.6 Å². The number of carbonyl (C=O) groups is 1. The quantitative estimate of drug-likeness (QED) is 0.909. The van der Waals surface area contributed by atoms with E-state index in [4.69, 9.17) is 5.73 Å². The molecule has 0 aliphatic rings. The van der Waals surface area contributed by atoms with Gasteiger partial charge in [-0.15, -0.1) is 0 Å². The molecule has 0 aromatic heterocycles. The third-order valence-electron chi connectivity index (χ3n) is 3.23. The predicted molar refractivity (Wildman–Crippen MR) is 76.3 cm³/mol. The highest BCUT2D eigenvalue weighted by Gasteiger charge is 2.19. The summed E-state index contributed by atoms with van der Waals surface area (Å²) in [6.45, 7) is 1.62. The molecule has 2 rings (SSSR count). The average molecular weight is 290 g/mol. The Morgan fingerprint density at radius 2 is 1.81 bits per heavy atom. The summed E-state index contributed by atoms with van der Waals surface area (Å²) in [5.74, 6) is -1.77. The molecule has 0 heterocycles. The van der Waals surface area contributed by atoms with Gasteiger partial charge in [0.25, 0.3) is 0 Å². The maximum atomic E-state index is 13.7. The number of amides is 1. The van der Waals surface area contributed by atoms with Crippen LogP contribution in [0.15, 0.2) is 48.5 Å². The molecule has 21 heavy (non-hydrogen) atoms. The molecule has 0 fully saturated rings. The number of nitrogens with two attached hydrogens (primary N) is 1. The zero-order chi connectivity index (χ0) is 15.4. The fourth-order valence-corrected chi connectivity index (χ4v) is 2.05. The van der Waals surface area contributed by atoms with Crippen molar-refractivity contribution >= 4 is 5.91 Å². The highest BCUT2D eigenvalue weighted by atomic mass is 19.1. The van der Waals surface area contributed by atoms with Gasteiger partial charge in [0.2, 0.25) is 5.91 Å². The number of carbonyl (C=O) groups excluding carboxylic acids is 1. The molecule has 2 atom stereocenters. The lowest BCUT2D eigenvalue weighted by molar-refractivity contribution is -0.123. The Labute approximate surface area is 121 Å². The molecule has 0 radical (unpaired) electrons. The van der Waals surface area contributed by atoms with Crippen molar-refractivity contribution in [2.45, 2.75) is 19.0 Å². The molecule has 0 bridgehead atoms. The number of halogens is 2. The molecule has 0 aliphatic heterocycles. The van der Waals surface area contributed by atoms with E-state index in [0.29, 0.717) is 5.56 Å². The van der Waals surface area contributed by atoms with E-state index in [0.717, 1.165) is 12.1 Å². The van der Waals surface area contributed by atoms with Crippen LogP contribution in [-0.4, -0.2) is 5.91 Å². The van der Waals surface area contributed by atoms with Crippen LogP contribution in [0.1, 0.15) is 30.1 Å². The molecular formula is C16H16F2N2O. The second kappa shape index (κ2) is 6.45. The highest BCUT2D eigenvalue weighted by molar-refractivity contribution is 5.83. The van der Waals surface area contributed by atoms with Gasteiger partial charge in [0, 0.05) is 11.6 Å². The van der Waals surface area contributed by atoms with Gasteiger partial charge in [0.05, 0.1) is 6.04 Å². The number of hydrogen-bond acceptors (Lipinski definition) is 2. The number of hydrogen-bond donors (Lipinski definition) is 2. The lowest BCUT2D eigenvalue weighted by Gasteiger charge is -2.18. The molecule has 2 aromatic carbocycles. The Hall–Kier alpha value is -2.27. The van der Waals surface area contributed by atoms with Gasteiger partial charge in [0.15, 0.2) is 0 Å². The second-order valence-electron chi connectivity index (χ2n) is 4.78. The first kappa shape index (κ1) is 15.1. The van der Waals surface area contributed by atoms with E-state index in [1.165, 1.54) is 6.07 Å². The van der Waals surface area contributed by atoms with Crippen molar-refractivity contribution in [3.05, 3.63) is 71.3 Å². The zero-order valence-corrected chi connectivity index (χ0v) is 11.5. The van der Waals surface area contributed by atoms with Crippen molar-refractivity contribution in [3.8, 4) is 0 Å². The zero-order valence-electron chi connectivity index (χ0n) is 11.5. The summed E-state index contributed by atoms with van der Waals surface area (Å²) in [5, 5.41) is 2.63. The molecule has 3 nitrogen and oxygen atoms in total. The van der Waals surface area contributed by atoms with Crippen molar-refractivity contribution in [2.24, 2.45) is 5.73 Å². The van der Waals surface area contributed by atoms with E-state index in [1.54, 1.807) is 31.2 Å². The average Bonchev–Trinajstić information content (AvgIpc) is 2.47. The third kappa shape index (κ3) is 3.64. The summed E-state index contributed by atoms with van der Waals surface area (Å²) >= 11 is 0. The maximum Gasteiger partial charge on any atom is 0.241 e. The van der Waals surface area contributed by atoms with E-state index in [1.807, 2.05) is 6.07 Å².